The van der Waals surface area contributed by atoms with Crippen LogP contribution in [0.4, 0.5) is 4.39 Å². The number of nitrogens with zero attached hydrogens (tertiary/aromatic N) is 1. The molecule has 1 aliphatic carbocycles. The van der Waals surface area contributed by atoms with E-state index in [4.69, 9.17) is 5.73 Å². The molecule has 0 fully saturated rings. The maximum absolute atomic E-state index is 14.2. The molecule has 1 aliphatic rings. The molecule has 0 bridgehead atoms. The normalized spacial score (nSPS) is 16.2. The van der Waals surface area contributed by atoms with Crippen molar-refractivity contribution in [3.63, 3.8) is 0 Å². The van der Waals surface area contributed by atoms with Gasteiger partial charge >= 0.3 is 0 Å². The van der Waals surface area contributed by atoms with Crippen molar-refractivity contribution in [2.45, 2.75) is 32.7 Å². The van der Waals surface area contributed by atoms with E-state index in [1.165, 1.54) is 6.07 Å². The fourth-order valence-electron chi connectivity index (χ4n) is 3.75. The molecule has 126 valence electrons. The van der Waals surface area contributed by atoms with E-state index in [0.29, 0.717) is 11.1 Å². The summed E-state index contributed by atoms with van der Waals surface area (Å²) in [6.07, 6.45) is 1.57. The molecular weight excluding hydrogens is 303 g/mol. The Morgan fingerprint density at radius 2 is 1.83 bits per heavy atom. The van der Waals surface area contributed by atoms with Gasteiger partial charge in [0.1, 0.15) is 5.82 Å². The van der Waals surface area contributed by atoms with Crippen LogP contribution in [0.3, 0.4) is 0 Å². The number of hydrogen-bond donors (Lipinski definition) is 1. The Bertz CT molecular complexity index is 804. The number of fused-ring (bicyclic) bond motifs is 1. The number of nitrogens with two attached hydrogens (primary N) is 1. The van der Waals surface area contributed by atoms with Crippen LogP contribution < -0.4 is 5.73 Å². The standard InChI is InChI=1S/C20H23FN2O/c1-11-9-13(20(24)23(3)4)10-12(2)18(11)14-5-7-16(21)19-15(14)6-8-17(19)22/h5,7,9-10,17H,6,8,22H2,1-4H3/t17-/m1/s1. The molecule has 0 spiro atoms. The van der Waals surface area contributed by atoms with Crippen molar-refractivity contribution in [2.75, 3.05) is 14.1 Å². The number of rotatable bonds is 2. The highest BCUT2D eigenvalue weighted by Gasteiger charge is 2.27. The summed E-state index contributed by atoms with van der Waals surface area (Å²) in [5, 5.41) is 0. The number of hydrogen-bond acceptors (Lipinski definition) is 2. The lowest BCUT2D eigenvalue weighted by Gasteiger charge is -2.18. The fourth-order valence-corrected chi connectivity index (χ4v) is 3.75. The average Bonchev–Trinajstić information content (AvgIpc) is 2.90. The van der Waals surface area contributed by atoms with Gasteiger partial charge in [-0.05, 0) is 72.7 Å². The van der Waals surface area contributed by atoms with Gasteiger partial charge in [0.05, 0.1) is 0 Å². The van der Waals surface area contributed by atoms with E-state index < -0.39 is 0 Å². The second kappa shape index (κ2) is 6.02. The average molecular weight is 326 g/mol. The lowest BCUT2D eigenvalue weighted by molar-refractivity contribution is 0.0827. The first-order valence-corrected chi connectivity index (χ1v) is 8.21. The quantitative estimate of drug-likeness (QED) is 0.913. The highest BCUT2D eigenvalue weighted by atomic mass is 19.1. The van der Waals surface area contributed by atoms with E-state index in [0.717, 1.165) is 40.7 Å². The summed E-state index contributed by atoms with van der Waals surface area (Å²) in [5.41, 5.74) is 12.6. The third-order valence-electron chi connectivity index (χ3n) is 4.84. The van der Waals surface area contributed by atoms with Gasteiger partial charge in [0.2, 0.25) is 0 Å². The highest BCUT2D eigenvalue weighted by molar-refractivity contribution is 5.95. The molecule has 0 radical (unpaired) electrons. The SMILES string of the molecule is Cc1cc(C(=O)N(C)C)cc(C)c1-c1ccc(F)c2c1CC[C@H]2N. The second-order valence-electron chi connectivity index (χ2n) is 6.82. The number of carbonyl (C=O) groups is 1. The van der Waals surface area contributed by atoms with Crippen LogP contribution in [-0.2, 0) is 6.42 Å². The van der Waals surface area contributed by atoms with Gasteiger partial charge in [-0.2, -0.15) is 0 Å². The zero-order chi connectivity index (χ0) is 17.6. The number of carbonyl (C=O) groups excluding carboxylic acids is 1. The minimum absolute atomic E-state index is 0.0147. The Morgan fingerprint density at radius 1 is 1.21 bits per heavy atom. The van der Waals surface area contributed by atoms with Crippen molar-refractivity contribution in [3.05, 3.63) is 57.9 Å². The first-order chi connectivity index (χ1) is 11.3. The van der Waals surface area contributed by atoms with Crippen LogP contribution in [0.2, 0.25) is 0 Å². The summed E-state index contributed by atoms with van der Waals surface area (Å²) < 4.78 is 14.2. The molecule has 2 aromatic rings. The lowest BCUT2D eigenvalue weighted by atomic mass is 9.89. The van der Waals surface area contributed by atoms with Crippen molar-refractivity contribution in [1.82, 2.24) is 4.90 Å². The monoisotopic (exact) mass is 326 g/mol. The summed E-state index contributed by atoms with van der Waals surface area (Å²) in [5.74, 6) is -0.229. The maximum atomic E-state index is 14.2. The molecule has 0 saturated heterocycles. The van der Waals surface area contributed by atoms with Gasteiger partial charge < -0.3 is 10.6 Å². The minimum atomic E-state index is -0.227. The van der Waals surface area contributed by atoms with Crippen LogP contribution in [0.5, 0.6) is 0 Å². The van der Waals surface area contributed by atoms with Gasteiger partial charge in [0, 0.05) is 31.3 Å². The third kappa shape index (κ3) is 2.61. The number of aryl methyl sites for hydroxylation is 2. The van der Waals surface area contributed by atoms with Crippen LogP contribution in [0.1, 0.15) is 45.1 Å². The number of halogens is 1. The van der Waals surface area contributed by atoms with Gasteiger partial charge in [-0.1, -0.05) is 6.07 Å². The Balaban J connectivity index is 2.17. The van der Waals surface area contributed by atoms with Gasteiger partial charge in [-0.3, -0.25) is 4.79 Å². The summed E-state index contributed by atoms with van der Waals surface area (Å²) >= 11 is 0. The predicted molar refractivity (Wildman–Crippen MR) is 94.6 cm³/mol. The molecule has 0 saturated carbocycles. The summed E-state index contributed by atoms with van der Waals surface area (Å²) in [7, 11) is 3.49. The van der Waals surface area contributed by atoms with E-state index in [2.05, 4.69) is 0 Å². The number of benzene rings is 2. The molecule has 2 N–H and O–H groups in total. The minimum Gasteiger partial charge on any atom is -0.345 e. The van der Waals surface area contributed by atoms with Crippen molar-refractivity contribution in [1.29, 1.82) is 0 Å². The van der Waals surface area contributed by atoms with Gasteiger partial charge in [0.15, 0.2) is 0 Å². The van der Waals surface area contributed by atoms with Gasteiger partial charge in [0.25, 0.3) is 5.91 Å². The van der Waals surface area contributed by atoms with Crippen LogP contribution >= 0.6 is 0 Å². The molecule has 1 amide bonds. The first kappa shape index (κ1) is 16.7. The molecule has 2 aromatic carbocycles. The summed E-state index contributed by atoms with van der Waals surface area (Å²) in [4.78, 5) is 13.8. The zero-order valence-electron chi connectivity index (χ0n) is 14.6. The highest BCUT2D eigenvalue weighted by Crippen LogP contribution is 2.40. The molecular formula is C20H23FN2O. The fraction of sp³-hybridized carbons (Fsp3) is 0.350. The second-order valence-corrected chi connectivity index (χ2v) is 6.82. The van der Waals surface area contributed by atoms with E-state index >= 15 is 0 Å². The summed E-state index contributed by atoms with van der Waals surface area (Å²) in [6, 6.07) is 6.95. The summed E-state index contributed by atoms with van der Waals surface area (Å²) in [6.45, 7) is 4.00. The van der Waals surface area contributed by atoms with Crippen LogP contribution in [0.15, 0.2) is 24.3 Å². The Kier molecular flexibility index (Phi) is 4.18. The van der Waals surface area contributed by atoms with E-state index in [1.807, 2.05) is 32.0 Å². The molecule has 3 rings (SSSR count). The molecule has 24 heavy (non-hydrogen) atoms. The molecule has 0 aliphatic heterocycles. The number of amides is 1. The third-order valence-corrected chi connectivity index (χ3v) is 4.84. The Morgan fingerprint density at radius 3 is 2.42 bits per heavy atom. The predicted octanol–water partition coefficient (Wildman–Crippen LogP) is 3.76. The van der Waals surface area contributed by atoms with Crippen LogP contribution in [0.25, 0.3) is 11.1 Å². The Labute approximate surface area is 142 Å². The molecule has 0 heterocycles. The zero-order valence-corrected chi connectivity index (χ0v) is 14.6. The van der Waals surface area contributed by atoms with Crippen molar-refractivity contribution >= 4 is 5.91 Å². The first-order valence-electron chi connectivity index (χ1n) is 8.21. The van der Waals surface area contributed by atoms with Gasteiger partial charge in [-0.25, -0.2) is 4.39 Å². The largest absolute Gasteiger partial charge is 0.345 e. The molecule has 3 nitrogen and oxygen atoms in total. The molecule has 4 heteroatoms. The topological polar surface area (TPSA) is 46.3 Å². The van der Waals surface area contributed by atoms with E-state index in [-0.39, 0.29) is 17.8 Å². The molecule has 0 aromatic heterocycles. The van der Waals surface area contributed by atoms with Crippen molar-refractivity contribution in [3.8, 4) is 11.1 Å². The molecule has 1 atom stereocenters. The lowest BCUT2D eigenvalue weighted by Crippen LogP contribution is -2.22. The van der Waals surface area contributed by atoms with E-state index in [1.54, 1.807) is 19.0 Å². The van der Waals surface area contributed by atoms with Crippen molar-refractivity contribution in [2.24, 2.45) is 5.73 Å². The van der Waals surface area contributed by atoms with Gasteiger partial charge in [-0.15, -0.1) is 0 Å². The van der Waals surface area contributed by atoms with Crippen LogP contribution in [0, 0.1) is 19.7 Å². The van der Waals surface area contributed by atoms with Crippen LogP contribution in [-0.4, -0.2) is 24.9 Å². The smallest absolute Gasteiger partial charge is 0.253 e. The Hall–Kier alpha value is -2.20. The van der Waals surface area contributed by atoms with E-state index in [9.17, 15) is 9.18 Å². The maximum Gasteiger partial charge on any atom is 0.253 e. The molecule has 0 unspecified atom stereocenters. The van der Waals surface area contributed by atoms with Crippen molar-refractivity contribution < 1.29 is 9.18 Å².